The molecule has 1 aliphatic heterocycles. The van der Waals surface area contributed by atoms with Gasteiger partial charge in [-0.25, -0.2) is 12.7 Å². The Morgan fingerprint density at radius 2 is 1.95 bits per heavy atom. The fourth-order valence-corrected chi connectivity index (χ4v) is 4.00. The molecular weight excluding hydrogens is 280 g/mol. The Bertz CT molecular complexity index is 506. The third-order valence-corrected chi connectivity index (χ3v) is 6.21. The summed E-state index contributed by atoms with van der Waals surface area (Å²) in [4.78, 5) is 0.334. The highest BCUT2D eigenvalue weighted by atomic mass is 32.2. The standard InChI is InChI=1S/C13H20N2O2S2/c1-15(2)19(16,17)13-7-5-11(6-8-13)14-12-4-3-9-18-10-12/h5-8,12,14H,3-4,9-10H2,1-2H3. The lowest BCUT2D eigenvalue weighted by Crippen LogP contribution is -2.25. The van der Waals surface area contributed by atoms with E-state index in [2.05, 4.69) is 5.32 Å². The first-order valence-corrected chi connectivity index (χ1v) is 8.96. The Labute approximate surface area is 119 Å². The molecule has 106 valence electrons. The Balaban J connectivity index is 2.06. The summed E-state index contributed by atoms with van der Waals surface area (Å²) in [6.07, 6.45) is 2.43. The number of sulfonamides is 1. The van der Waals surface area contributed by atoms with Crippen LogP contribution in [0.15, 0.2) is 29.2 Å². The molecule has 0 amide bonds. The van der Waals surface area contributed by atoms with Crippen LogP contribution in [-0.2, 0) is 10.0 Å². The van der Waals surface area contributed by atoms with Crippen molar-refractivity contribution in [1.82, 2.24) is 4.31 Å². The number of hydrogen-bond donors (Lipinski definition) is 1. The molecule has 0 bridgehead atoms. The molecule has 1 saturated heterocycles. The zero-order valence-electron chi connectivity index (χ0n) is 11.3. The largest absolute Gasteiger partial charge is 0.381 e. The second-order valence-electron chi connectivity index (χ2n) is 4.87. The summed E-state index contributed by atoms with van der Waals surface area (Å²) in [5.74, 6) is 2.37. The molecule has 0 saturated carbocycles. The highest BCUT2D eigenvalue weighted by molar-refractivity contribution is 7.99. The van der Waals surface area contributed by atoms with E-state index in [0.717, 1.165) is 11.4 Å². The Morgan fingerprint density at radius 3 is 2.47 bits per heavy atom. The van der Waals surface area contributed by atoms with Crippen molar-refractivity contribution in [3.05, 3.63) is 24.3 Å². The number of nitrogens with zero attached hydrogens (tertiary/aromatic N) is 1. The molecule has 0 aliphatic carbocycles. The molecule has 1 aromatic rings. The summed E-state index contributed by atoms with van der Waals surface area (Å²) in [7, 11) is -0.240. The first-order chi connectivity index (χ1) is 9.00. The topological polar surface area (TPSA) is 49.4 Å². The van der Waals surface area contributed by atoms with E-state index in [1.807, 2.05) is 23.9 Å². The number of anilines is 1. The van der Waals surface area contributed by atoms with E-state index in [0.29, 0.717) is 10.9 Å². The van der Waals surface area contributed by atoms with Crippen molar-refractivity contribution in [1.29, 1.82) is 0 Å². The van der Waals surface area contributed by atoms with E-state index < -0.39 is 10.0 Å². The Kier molecular flexibility index (Phi) is 4.76. The fraction of sp³-hybridized carbons (Fsp3) is 0.538. The maximum absolute atomic E-state index is 11.9. The van der Waals surface area contributed by atoms with Gasteiger partial charge in [-0.3, -0.25) is 0 Å². The quantitative estimate of drug-likeness (QED) is 0.926. The molecule has 1 aliphatic rings. The predicted molar refractivity (Wildman–Crippen MR) is 81.3 cm³/mol. The second kappa shape index (κ2) is 6.15. The average molecular weight is 300 g/mol. The molecule has 2 rings (SSSR count). The van der Waals surface area contributed by atoms with E-state index in [1.54, 1.807) is 26.2 Å². The molecule has 19 heavy (non-hydrogen) atoms. The van der Waals surface area contributed by atoms with Gasteiger partial charge in [0.2, 0.25) is 10.0 Å². The average Bonchev–Trinajstić information content (AvgIpc) is 2.40. The number of nitrogens with one attached hydrogen (secondary N) is 1. The molecule has 1 heterocycles. The van der Waals surface area contributed by atoms with Crippen molar-refractivity contribution >= 4 is 27.5 Å². The summed E-state index contributed by atoms with van der Waals surface area (Å²) in [5, 5.41) is 3.46. The SMILES string of the molecule is CN(C)S(=O)(=O)c1ccc(NC2CCCSC2)cc1. The van der Waals surface area contributed by atoms with Gasteiger partial charge in [-0.15, -0.1) is 0 Å². The highest BCUT2D eigenvalue weighted by Crippen LogP contribution is 2.22. The number of hydrogen-bond acceptors (Lipinski definition) is 4. The summed E-state index contributed by atoms with van der Waals surface area (Å²) in [6, 6.07) is 7.50. The number of rotatable bonds is 4. The van der Waals surface area contributed by atoms with Gasteiger partial charge in [0.1, 0.15) is 0 Å². The van der Waals surface area contributed by atoms with Gasteiger partial charge >= 0.3 is 0 Å². The van der Waals surface area contributed by atoms with Gasteiger partial charge in [0.05, 0.1) is 4.90 Å². The predicted octanol–water partition coefficient (Wildman–Crippen LogP) is 2.24. The van der Waals surface area contributed by atoms with E-state index in [1.165, 1.54) is 22.9 Å². The number of thioether (sulfide) groups is 1. The van der Waals surface area contributed by atoms with Crippen LogP contribution in [0.25, 0.3) is 0 Å². The van der Waals surface area contributed by atoms with Crippen molar-refractivity contribution < 1.29 is 8.42 Å². The maximum atomic E-state index is 11.9. The second-order valence-corrected chi connectivity index (χ2v) is 8.17. The third kappa shape index (κ3) is 3.64. The minimum absolute atomic E-state index is 0.334. The molecule has 1 unspecified atom stereocenters. The first kappa shape index (κ1) is 14.7. The normalized spacial score (nSPS) is 20.5. The van der Waals surface area contributed by atoms with Gasteiger partial charge in [0.15, 0.2) is 0 Å². The summed E-state index contributed by atoms with van der Waals surface area (Å²) >= 11 is 1.97. The van der Waals surface area contributed by atoms with Crippen molar-refractivity contribution in [2.75, 3.05) is 30.9 Å². The zero-order valence-corrected chi connectivity index (χ0v) is 12.9. The minimum Gasteiger partial charge on any atom is -0.381 e. The number of benzene rings is 1. The first-order valence-electron chi connectivity index (χ1n) is 6.37. The van der Waals surface area contributed by atoms with Crippen molar-refractivity contribution in [2.45, 2.75) is 23.8 Å². The van der Waals surface area contributed by atoms with Gasteiger partial charge in [0.25, 0.3) is 0 Å². The molecule has 0 spiro atoms. The van der Waals surface area contributed by atoms with Crippen LogP contribution in [0.1, 0.15) is 12.8 Å². The Morgan fingerprint density at radius 1 is 1.26 bits per heavy atom. The zero-order chi connectivity index (χ0) is 13.9. The van der Waals surface area contributed by atoms with E-state index in [9.17, 15) is 8.42 Å². The van der Waals surface area contributed by atoms with Crippen LogP contribution in [0, 0.1) is 0 Å². The van der Waals surface area contributed by atoms with Crippen LogP contribution in [-0.4, -0.2) is 44.4 Å². The van der Waals surface area contributed by atoms with Crippen molar-refractivity contribution in [3.8, 4) is 0 Å². The van der Waals surface area contributed by atoms with Crippen LogP contribution in [0.5, 0.6) is 0 Å². The third-order valence-electron chi connectivity index (χ3n) is 3.16. The van der Waals surface area contributed by atoms with Crippen LogP contribution in [0.3, 0.4) is 0 Å². The molecule has 1 N–H and O–H groups in total. The summed E-state index contributed by atoms with van der Waals surface area (Å²) in [5.41, 5.74) is 0.991. The molecule has 1 aromatic carbocycles. The maximum Gasteiger partial charge on any atom is 0.242 e. The molecule has 0 aromatic heterocycles. The van der Waals surface area contributed by atoms with Crippen LogP contribution >= 0.6 is 11.8 Å². The van der Waals surface area contributed by atoms with E-state index >= 15 is 0 Å². The molecule has 1 atom stereocenters. The van der Waals surface area contributed by atoms with E-state index in [-0.39, 0.29) is 0 Å². The highest BCUT2D eigenvalue weighted by Gasteiger charge is 2.17. The van der Waals surface area contributed by atoms with Gasteiger partial charge in [-0.05, 0) is 42.9 Å². The summed E-state index contributed by atoms with van der Waals surface area (Å²) < 4.78 is 25.1. The molecule has 1 fully saturated rings. The monoisotopic (exact) mass is 300 g/mol. The van der Waals surface area contributed by atoms with Gasteiger partial charge in [0, 0.05) is 31.6 Å². The van der Waals surface area contributed by atoms with Crippen LogP contribution in [0.2, 0.25) is 0 Å². The minimum atomic E-state index is -3.33. The Hall–Kier alpha value is -0.720. The van der Waals surface area contributed by atoms with Crippen LogP contribution in [0.4, 0.5) is 5.69 Å². The van der Waals surface area contributed by atoms with Crippen LogP contribution < -0.4 is 5.32 Å². The van der Waals surface area contributed by atoms with E-state index in [4.69, 9.17) is 0 Å². The molecule has 0 radical (unpaired) electrons. The fourth-order valence-electron chi connectivity index (χ4n) is 2.02. The lowest BCUT2D eigenvalue weighted by atomic mass is 10.2. The lowest BCUT2D eigenvalue weighted by Gasteiger charge is -2.23. The van der Waals surface area contributed by atoms with Crippen molar-refractivity contribution in [3.63, 3.8) is 0 Å². The molecule has 6 heteroatoms. The van der Waals surface area contributed by atoms with Gasteiger partial charge in [-0.2, -0.15) is 11.8 Å². The van der Waals surface area contributed by atoms with Crippen molar-refractivity contribution in [2.24, 2.45) is 0 Å². The van der Waals surface area contributed by atoms with Gasteiger partial charge < -0.3 is 5.32 Å². The molecular formula is C13H20N2O2S2. The molecule has 4 nitrogen and oxygen atoms in total. The lowest BCUT2D eigenvalue weighted by molar-refractivity contribution is 0.521. The summed E-state index contributed by atoms with van der Waals surface area (Å²) in [6.45, 7) is 0. The van der Waals surface area contributed by atoms with Gasteiger partial charge in [-0.1, -0.05) is 0 Å². The smallest absolute Gasteiger partial charge is 0.242 e.